The van der Waals surface area contributed by atoms with Crippen LogP contribution in [-0.2, 0) is 14.1 Å². The van der Waals surface area contributed by atoms with Crippen molar-refractivity contribution in [3.8, 4) is 17.1 Å². The maximum atomic E-state index is 12.9. The van der Waals surface area contributed by atoms with Crippen molar-refractivity contribution in [1.82, 2.24) is 35.1 Å². The number of rotatable bonds is 6. The molecular formula is C21H22N8O2. The summed E-state index contributed by atoms with van der Waals surface area (Å²) in [5.74, 6) is 2.00. The van der Waals surface area contributed by atoms with Gasteiger partial charge in [-0.3, -0.25) is 0 Å². The molecule has 2 heterocycles. The Balaban J connectivity index is 1.57. The molecule has 31 heavy (non-hydrogen) atoms. The van der Waals surface area contributed by atoms with Gasteiger partial charge in [0.25, 0.3) is 0 Å². The summed E-state index contributed by atoms with van der Waals surface area (Å²) in [7, 11) is 5.25. The molecule has 2 aromatic carbocycles. The zero-order valence-corrected chi connectivity index (χ0v) is 17.4. The van der Waals surface area contributed by atoms with Crippen molar-refractivity contribution < 1.29 is 9.53 Å². The summed E-state index contributed by atoms with van der Waals surface area (Å²) in [5, 5.41) is 17.4. The third-order valence-electron chi connectivity index (χ3n) is 4.82. The van der Waals surface area contributed by atoms with Crippen molar-refractivity contribution >= 4 is 11.7 Å². The fourth-order valence-corrected chi connectivity index (χ4v) is 3.28. The molecule has 10 heteroatoms. The number of carbonyl (C=O) groups is 1. The molecule has 10 nitrogen and oxygen atoms in total. The van der Waals surface area contributed by atoms with Crippen LogP contribution in [0.1, 0.15) is 17.4 Å². The Morgan fingerprint density at radius 3 is 2.68 bits per heavy atom. The van der Waals surface area contributed by atoms with E-state index in [0.29, 0.717) is 23.1 Å². The number of tetrazole rings is 1. The van der Waals surface area contributed by atoms with Gasteiger partial charge in [0.15, 0.2) is 5.82 Å². The highest BCUT2D eigenvalue weighted by atomic mass is 16.5. The lowest BCUT2D eigenvalue weighted by Gasteiger charge is -2.20. The van der Waals surface area contributed by atoms with Gasteiger partial charge in [-0.2, -0.15) is 0 Å². The molecule has 0 saturated heterocycles. The molecule has 1 atom stereocenters. The standard InChI is InChI=1S/C21H22N8O2/c1-28-11-10-22-20(28)18(14-6-5-9-17(13-14)31-3)24-21(30)23-16-8-4-7-15(12-16)19-25-26-27-29(19)2/h4-13,18H,1-3H3,(H2,23,24,30). The Morgan fingerprint density at radius 2 is 1.97 bits per heavy atom. The van der Waals surface area contributed by atoms with Crippen molar-refractivity contribution in [1.29, 1.82) is 0 Å². The van der Waals surface area contributed by atoms with E-state index in [1.807, 2.05) is 60.3 Å². The average molecular weight is 418 g/mol. The Labute approximate surface area is 178 Å². The molecule has 4 aromatic rings. The number of carbonyl (C=O) groups excluding carboxylic acids is 1. The molecule has 1 unspecified atom stereocenters. The van der Waals surface area contributed by atoms with Gasteiger partial charge in [0.05, 0.1) is 7.11 Å². The van der Waals surface area contributed by atoms with Gasteiger partial charge in [0, 0.05) is 37.7 Å². The van der Waals surface area contributed by atoms with Crippen LogP contribution in [0.3, 0.4) is 0 Å². The van der Waals surface area contributed by atoms with Gasteiger partial charge in [-0.25, -0.2) is 14.5 Å². The van der Waals surface area contributed by atoms with Crippen LogP contribution in [0, 0.1) is 0 Å². The number of aromatic nitrogens is 6. The van der Waals surface area contributed by atoms with Gasteiger partial charge < -0.3 is 19.9 Å². The Kier molecular flexibility index (Phi) is 5.61. The van der Waals surface area contributed by atoms with Gasteiger partial charge in [0.2, 0.25) is 0 Å². The highest BCUT2D eigenvalue weighted by Gasteiger charge is 2.21. The van der Waals surface area contributed by atoms with Crippen molar-refractivity contribution in [3.63, 3.8) is 0 Å². The summed E-state index contributed by atoms with van der Waals surface area (Å²) in [4.78, 5) is 17.3. The van der Waals surface area contributed by atoms with E-state index in [9.17, 15) is 4.79 Å². The maximum Gasteiger partial charge on any atom is 0.320 e. The molecule has 0 spiro atoms. The molecule has 0 bridgehead atoms. The molecule has 0 fully saturated rings. The SMILES string of the molecule is COc1cccc(C(NC(=O)Nc2cccc(-c3nnnn3C)c2)c2nccn2C)c1. The third-order valence-corrected chi connectivity index (χ3v) is 4.82. The van der Waals surface area contributed by atoms with Crippen molar-refractivity contribution in [2.45, 2.75) is 6.04 Å². The predicted molar refractivity (Wildman–Crippen MR) is 114 cm³/mol. The summed E-state index contributed by atoms with van der Waals surface area (Å²) in [6.45, 7) is 0. The van der Waals surface area contributed by atoms with Crippen molar-refractivity contribution in [2.24, 2.45) is 14.1 Å². The van der Waals surface area contributed by atoms with E-state index in [2.05, 4.69) is 31.1 Å². The number of nitrogens with one attached hydrogen (secondary N) is 2. The minimum Gasteiger partial charge on any atom is -0.497 e. The number of benzene rings is 2. The summed E-state index contributed by atoms with van der Waals surface area (Å²) in [6, 6.07) is 14.0. The number of hydrogen-bond donors (Lipinski definition) is 2. The van der Waals surface area contributed by atoms with Crippen LogP contribution in [0.2, 0.25) is 0 Å². The van der Waals surface area contributed by atoms with E-state index in [1.54, 1.807) is 31.1 Å². The second kappa shape index (κ2) is 8.66. The fourth-order valence-electron chi connectivity index (χ4n) is 3.28. The molecular weight excluding hydrogens is 396 g/mol. The quantitative estimate of drug-likeness (QED) is 0.498. The third kappa shape index (κ3) is 4.37. The molecule has 2 aromatic heterocycles. The second-order valence-electron chi connectivity index (χ2n) is 6.91. The molecule has 2 N–H and O–H groups in total. The van der Waals surface area contributed by atoms with Crippen LogP contribution in [0.4, 0.5) is 10.5 Å². The normalized spacial score (nSPS) is 11.7. The summed E-state index contributed by atoms with van der Waals surface area (Å²) in [6.07, 6.45) is 3.53. The van der Waals surface area contributed by atoms with E-state index in [0.717, 1.165) is 11.1 Å². The highest BCUT2D eigenvalue weighted by molar-refractivity contribution is 5.90. The van der Waals surface area contributed by atoms with E-state index in [1.165, 1.54) is 0 Å². The molecule has 0 radical (unpaired) electrons. The summed E-state index contributed by atoms with van der Waals surface area (Å²) < 4.78 is 8.77. The van der Waals surface area contributed by atoms with Gasteiger partial charge in [-0.1, -0.05) is 24.3 Å². The van der Waals surface area contributed by atoms with Gasteiger partial charge in [-0.05, 0) is 40.3 Å². The van der Waals surface area contributed by atoms with Crippen molar-refractivity contribution in [3.05, 3.63) is 72.3 Å². The first-order valence-electron chi connectivity index (χ1n) is 9.56. The van der Waals surface area contributed by atoms with E-state index >= 15 is 0 Å². The number of amides is 2. The topological polar surface area (TPSA) is 112 Å². The predicted octanol–water partition coefficient (Wildman–Crippen LogP) is 2.53. The molecule has 0 saturated carbocycles. The second-order valence-corrected chi connectivity index (χ2v) is 6.91. The lowest BCUT2D eigenvalue weighted by atomic mass is 10.1. The summed E-state index contributed by atoms with van der Waals surface area (Å²) in [5.41, 5.74) is 2.25. The van der Waals surface area contributed by atoms with Crippen LogP contribution in [-0.4, -0.2) is 42.9 Å². The maximum absolute atomic E-state index is 12.9. The first kappa shape index (κ1) is 20.1. The number of hydrogen-bond acceptors (Lipinski definition) is 6. The minimum atomic E-state index is -0.471. The monoisotopic (exact) mass is 418 g/mol. The Morgan fingerprint density at radius 1 is 1.13 bits per heavy atom. The first-order valence-corrected chi connectivity index (χ1v) is 9.56. The lowest BCUT2D eigenvalue weighted by Crippen LogP contribution is -2.34. The minimum absolute atomic E-state index is 0.371. The number of methoxy groups -OCH3 is 1. The van der Waals surface area contributed by atoms with E-state index in [4.69, 9.17) is 4.74 Å². The fraction of sp³-hybridized carbons (Fsp3) is 0.190. The van der Waals surface area contributed by atoms with Gasteiger partial charge >= 0.3 is 6.03 Å². The van der Waals surface area contributed by atoms with Gasteiger partial charge in [0.1, 0.15) is 17.6 Å². The number of aryl methyl sites for hydroxylation is 2. The number of urea groups is 1. The number of anilines is 1. The van der Waals surface area contributed by atoms with Crippen molar-refractivity contribution in [2.75, 3.05) is 12.4 Å². The Hall–Kier alpha value is -4.21. The molecule has 4 rings (SSSR count). The smallest absolute Gasteiger partial charge is 0.320 e. The number of nitrogens with zero attached hydrogens (tertiary/aromatic N) is 6. The molecule has 0 aliphatic carbocycles. The van der Waals surface area contributed by atoms with E-state index < -0.39 is 6.04 Å². The molecule has 0 aliphatic rings. The van der Waals surface area contributed by atoms with Gasteiger partial charge in [-0.15, -0.1) is 5.10 Å². The van der Waals surface area contributed by atoms with E-state index in [-0.39, 0.29) is 6.03 Å². The first-order chi connectivity index (χ1) is 15.0. The molecule has 2 amide bonds. The lowest BCUT2D eigenvalue weighted by molar-refractivity contribution is 0.249. The number of imidazole rings is 1. The number of ether oxygens (including phenoxy) is 1. The molecule has 0 aliphatic heterocycles. The average Bonchev–Trinajstić information content (AvgIpc) is 3.40. The largest absolute Gasteiger partial charge is 0.497 e. The zero-order valence-electron chi connectivity index (χ0n) is 17.4. The van der Waals surface area contributed by atoms with Crippen LogP contribution < -0.4 is 15.4 Å². The Bertz CT molecular complexity index is 1200. The molecule has 158 valence electrons. The highest BCUT2D eigenvalue weighted by Crippen LogP contribution is 2.25. The van der Waals surface area contributed by atoms with Crippen LogP contribution in [0.5, 0.6) is 5.75 Å². The van der Waals surface area contributed by atoms with Crippen LogP contribution >= 0.6 is 0 Å². The van der Waals surface area contributed by atoms with Crippen LogP contribution in [0.25, 0.3) is 11.4 Å². The van der Waals surface area contributed by atoms with Crippen LogP contribution in [0.15, 0.2) is 60.9 Å². The summed E-state index contributed by atoms with van der Waals surface area (Å²) >= 11 is 0. The zero-order chi connectivity index (χ0) is 21.8.